The minimum absolute atomic E-state index is 0.104. The van der Waals surface area contributed by atoms with E-state index in [1.165, 1.54) is 6.07 Å². The molecule has 0 bridgehead atoms. The van der Waals surface area contributed by atoms with Crippen LogP contribution in [-0.4, -0.2) is 39.3 Å². The van der Waals surface area contributed by atoms with Crippen LogP contribution in [0.25, 0.3) is 11.2 Å². The predicted octanol–water partition coefficient (Wildman–Crippen LogP) is 5.15. The summed E-state index contributed by atoms with van der Waals surface area (Å²) >= 11 is 0. The Morgan fingerprint density at radius 2 is 2.00 bits per heavy atom. The molecule has 0 amide bonds. The summed E-state index contributed by atoms with van der Waals surface area (Å²) in [5, 5.41) is 0. The molecule has 1 fully saturated rings. The highest BCUT2D eigenvalue weighted by molar-refractivity contribution is 5.67. The molecule has 0 aromatic carbocycles. The SMILES string of the molecule is Cc1cc(C[C@H]2CCCN([C@H](C)c3ccc4oc(C)nc4n3)C2)cc(OC(F)(F)F)n1. The molecule has 6 nitrogen and oxygen atoms in total. The third kappa shape index (κ3) is 5.33. The van der Waals surface area contributed by atoms with E-state index in [1.807, 2.05) is 18.2 Å². The fourth-order valence-corrected chi connectivity index (χ4v) is 4.31. The number of likely N-dealkylation sites (tertiary alicyclic amines) is 1. The van der Waals surface area contributed by atoms with Crippen molar-refractivity contribution in [3.05, 3.63) is 47.1 Å². The zero-order chi connectivity index (χ0) is 22.2. The number of nitrogens with zero attached hydrogens (tertiary/aromatic N) is 4. The number of fused-ring (bicyclic) bond motifs is 1. The van der Waals surface area contributed by atoms with E-state index >= 15 is 0 Å². The molecule has 4 heterocycles. The maximum atomic E-state index is 12.6. The molecule has 0 radical (unpaired) electrons. The van der Waals surface area contributed by atoms with Crippen molar-refractivity contribution >= 4 is 11.2 Å². The van der Waals surface area contributed by atoms with Gasteiger partial charge in [0, 0.05) is 31.3 Å². The van der Waals surface area contributed by atoms with Gasteiger partial charge in [-0.15, -0.1) is 13.2 Å². The van der Waals surface area contributed by atoms with Crippen molar-refractivity contribution in [2.75, 3.05) is 13.1 Å². The summed E-state index contributed by atoms with van der Waals surface area (Å²) in [6, 6.07) is 7.19. The topological polar surface area (TPSA) is 64.3 Å². The second-order valence-corrected chi connectivity index (χ2v) is 8.18. The minimum atomic E-state index is -4.74. The Bertz CT molecular complexity index is 1070. The number of halogens is 3. The molecular weight excluding hydrogens is 409 g/mol. The van der Waals surface area contributed by atoms with E-state index in [-0.39, 0.29) is 6.04 Å². The van der Waals surface area contributed by atoms with Crippen molar-refractivity contribution < 1.29 is 22.3 Å². The van der Waals surface area contributed by atoms with Crippen LogP contribution in [0.15, 0.2) is 28.7 Å². The number of hydrogen-bond acceptors (Lipinski definition) is 6. The first-order chi connectivity index (χ1) is 14.7. The van der Waals surface area contributed by atoms with E-state index in [2.05, 4.69) is 31.5 Å². The van der Waals surface area contributed by atoms with Crippen LogP contribution >= 0.6 is 0 Å². The zero-order valence-corrected chi connectivity index (χ0v) is 17.7. The Labute approximate surface area is 178 Å². The molecule has 0 N–H and O–H groups in total. The Hall–Kier alpha value is -2.68. The molecule has 2 atom stereocenters. The van der Waals surface area contributed by atoms with E-state index in [0.29, 0.717) is 35.2 Å². The highest BCUT2D eigenvalue weighted by Crippen LogP contribution is 2.30. The van der Waals surface area contributed by atoms with Gasteiger partial charge in [0.1, 0.15) is 0 Å². The predicted molar refractivity (Wildman–Crippen MR) is 109 cm³/mol. The molecule has 0 spiro atoms. The van der Waals surface area contributed by atoms with Gasteiger partial charge in [-0.1, -0.05) is 0 Å². The highest BCUT2D eigenvalue weighted by atomic mass is 19.4. The monoisotopic (exact) mass is 434 g/mol. The maximum absolute atomic E-state index is 12.6. The summed E-state index contributed by atoms with van der Waals surface area (Å²) < 4.78 is 47.3. The summed E-state index contributed by atoms with van der Waals surface area (Å²) in [4.78, 5) is 15.2. The number of aryl methyl sites for hydroxylation is 2. The lowest BCUT2D eigenvalue weighted by molar-refractivity contribution is -0.276. The summed E-state index contributed by atoms with van der Waals surface area (Å²) in [6.07, 6.45) is -2.02. The molecule has 4 rings (SSSR count). The first kappa shape index (κ1) is 21.5. The molecule has 1 saturated heterocycles. The largest absolute Gasteiger partial charge is 0.574 e. The summed E-state index contributed by atoms with van der Waals surface area (Å²) in [6.45, 7) is 7.39. The van der Waals surface area contributed by atoms with Gasteiger partial charge in [0.25, 0.3) is 0 Å². The van der Waals surface area contributed by atoms with Crippen LogP contribution < -0.4 is 4.74 Å². The molecule has 0 aliphatic carbocycles. The van der Waals surface area contributed by atoms with E-state index in [9.17, 15) is 13.2 Å². The number of alkyl halides is 3. The zero-order valence-electron chi connectivity index (χ0n) is 17.7. The van der Waals surface area contributed by atoms with Crippen molar-refractivity contribution in [3.63, 3.8) is 0 Å². The summed E-state index contributed by atoms with van der Waals surface area (Å²) in [7, 11) is 0. The van der Waals surface area contributed by atoms with Crippen LogP contribution in [-0.2, 0) is 6.42 Å². The minimum Gasteiger partial charge on any atom is -0.439 e. The Morgan fingerprint density at radius 1 is 1.19 bits per heavy atom. The Balaban J connectivity index is 1.45. The number of aromatic nitrogens is 3. The molecule has 0 unspecified atom stereocenters. The van der Waals surface area contributed by atoms with Gasteiger partial charge in [0.15, 0.2) is 17.1 Å². The lowest BCUT2D eigenvalue weighted by Gasteiger charge is -2.36. The van der Waals surface area contributed by atoms with Crippen LogP contribution in [0.4, 0.5) is 13.2 Å². The summed E-state index contributed by atoms with van der Waals surface area (Å²) in [5.74, 6) is 0.519. The average Bonchev–Trinajstić information content (AvgIpc) is 3.05. The smallest absolute Gasteiger partial charge is 0.439 e. The average molecular weight is 434 g/mol. The third-order valence-corrected chi connectivity index (χ3v) is 5.64. The van der Waals surface area contributed by atoms with Gasteiger partial charge in [-0.3, -0.25) is 4.90 Å². The van der Waals surface area contributed by atoms with E-state index in [4.69, 9.17) is 4.42 Å². The van der Waals surface area contributed by atoms with Gasteiger partial charge in [-0.05, 0) is 69.3 Å². The van der Waals surface area contributed by atoms with Crippen molar-refractivity contribution in [2.45, 2.75) is 52.4 Å². The molecule has 9 heteroatoms. The first-order valence-electron chi connectivity index (χ1n) is 10.4. The van der Waals surface area contributed by atoms with Crippen molar-refractivity contribution in [2.24, 2.45) is 5.92 Å². The van der Waals surface area contributed by atoms with Crippen LogP contribution in [0.1, 0.15) is 48.6 Å². The van der Waals surface area contributed by atoms with Crippen LogP contribution in [0.5, 0.6) is 5.88 Å². The fourth-order valence-electron chi connectivity index (χ4n) is 4.31. The number of rotatable bonds is 5. The molecule has 3 aromatic heterocycles. The fraction of sp³-hybridized carbons (Fsp3) is 0.500. The van der Waals surface area contributed by atoms with Gasteiger partial charge in [0.05, 0.1) is 5.69 Å². The quantitative estimate of drug-likeness (QED) is 0.554. The molecule has 166 valence electrons. The molecule has 0 saturated carbocycles. The molecule has 1 aliphatic heterocycles. The first-order valence-corrected chi connectivity index (χ1v) is 10.4. The van der Waals surface area contributed by atoms with Crippen molar-refractivity contribution in [3.8, 4) is 5.88 Å². The lowest BCUT2D eigenvalue weighted by atomic mass is 9.90. The van der Waals surface area contributed by atoms with E-state index in [1.54, 1.807) is 13.8 Å². The van der Waals surface area contributed by atoms with Gasteiger partial charge in [-0.2, -0.15) is 4.98 Å². The van der Waals surface area contributed by atoms with Crippen molar-refractivity contribution in [1.82, 2.24) is 19.9 Å². The standard InChI is InChI=1S/C22H25F3N4O2/c1-13-9-17(11-20(26-13)31-22(23,24)25)10-16-5-4-8-29(12-16)14(2)18-6-7-19-21(28-18)27-15(3)30-19/h6-7,9,11,14,16H,4-5,8,10,12H2,1-3H3/t14-,16-/m1/s1. The molecule has 3 aromatic rings. The van der Waals surface area contributed by atoms with Gasteiger partial charge >= 0.3 is 6.36 Å². The Morgan fingerprint density at radius 3 is 2.77 bits per heavy atom. The normalized spacial score (nSPS) is 19.0. The number of ether oxygens (including phenoxy) is 1. The third-order valence-electron chi connectivity index (χ3n) is 5.64. The van der Waals surface area contributed by atoms with Crippen LogP contribution in [0.3, 0.4) is 0 Å². The number of hydrogen-bond donors (Lipinski definition) is 0. The molecule has 1 aliphatic rings. The van der Waals surface area contributed by atoms with Crippen molar-refractivity contribution in [1.29, 1.82) is 0 Å². The Kier molecular flexibility index (Phi) is 5.88. The second kappa shape index (κ2) is 8.45. The van der Waals surface area contributed by atoms with Crippen LogP contribution in [0.2, 0.25) is 0 Å². The van der Waals surface area contributed by atoms with Gasteiger partial charge < -0.3 is 9.15 Å². The highest BCUT2D eigenvalue weighted by Gasteiger charge is 2.32. The number of oxazole rings is 1. The second-order valence-electron chi connectivity index (χ2n) is 8.18. The summed E-state index contributed by atoms with van der Waals surface area (Å²) in [5.41, 5.74) is 3.54. The number of pyridine rings is 2. The number of piperidine rings is 1. The van der Waals surface area contributed by atoms with Gasteiger partial charge in [-0.25, -0.2) is 9.97 Å². The molecular formula is C22H25F3N4O2. The van der Waals surface area contributed by atoms with E-state index < -0.39 is 12.2 Å². The van der Waals surface area contributed by atoms with Gasteiger partial charge in [0.2, 0.25) is 5.88 Å². The maximum Gasteiger partial charge on any atom is 0.574 e. The molecule has 31 heavy (non-hydrogen) atoms. The van der Waals surface area contributed by atoms with E-state index in [0.717, 1.165) is 37.2 Å². The lowest BCUT2D eigenvalue weighted by Crippen LogP contribution is -2.38. The van der Waals surface area contributed by atoms with Crippen LogP contribution in [0, 0.1) is 19.8 Å².